The van der Waals surface area contributed by atoms with Crippen LogP contribution in [0.3, 0.4) is 0 Å². The van der Waals surface area contributed by atoms with E-state index >= 15 is 0 Å². The zero-order valence-corrected chi connectivity index (χ0v) is 21.7. The highest BCUT2D eigenvalue weighted by Crippen LogP contribution is 2.45. The molecule has 0 aliphatic heterocycles. The second-order valence-electron chi connectivity index (χ2n) is 10.3. The molecular formula is C29H33N6O3. The van der Waals surface area contributed by atoms with Crippen molar-refractivity contribution in [2.24, 2.45) is 5.92 Å². The van der Waals surface area contributed by atoms with Crippen molar-refractivity contribution in [3.8, 4) is 16.9 Å². The van der Waals surface area contributed by atoms with Crippen LogP contribution in [-0.4, -0.2) is 50.4 Å². The first kappa shape index (κ1) is 25.5. The van der Waals surface area contributed by atoms with Gasteiger partial charge in [-0.15, -0.1) is 0 Å². The molecule has 2 heterocycles. The summed E-state index contributed by atoms with van der Waals surface area (Å²) in [4.78, 5) is 22.0. The number of rotatable bonds is 9. The highest BCUT2D eigenvalue weighted by molar-refractivity contribution is 6.00. The SMILES string of the molecule is [CH2]C(CC1CC(n2cc(-c3cccc(OCc4ccccc4)c3)c3c(N)ncnc32)C1)(NC(=O)O)N(C)C. The fraction of sp³-hybridized carbons (Fsp3) is 0.310. The molecule has 9 nitrogen and oxygen atoms in total. The number of hydrogen-bond donors (Lipinski definition) is 3. The number of nitrogens with two attached hydrogens (primary N) is 1. The quantitative estimate of drug-likeness (QED) is 0.271. The molecule has 0 saturated heterocycles. The van der Waals surface area contributed by atoms with Crippen molar-refractivity contribution in [2.75, 3.05) is 19.8 Å². The Bertz CT molecular complexity index is 1430. The maximum absolute atomic E-state index is 11.3. The Labute approximate surface area is 222 Å². The van der Waals surface area contributed by atoms with Crippen LogP contribution in [0.1, 0.15) is 30.9 Å². The molecule has 1 amide bonds. The number of amides is 1. The first-order valence-electron chi connectivity index (χ1n) is 12.7. The molecule has 1 aliphatic rings. The summed E-state index contributed by atoms with van der Waals surface area (Å²) < 4.78 is 8.25. The third-order valence-electron chi connectivity index (χ3n) is 7.46. The summed E-state index contributed by atoms with van der Waals surface area (Å²) in [7, 11) is 3.67. The lowest BCUT2D eigenvalue weighted by Crippen LogP contribution is -2.57. The van der Waals surface area contributed by atoms with E-state index in [1.165, 1.54) is 6.33 Å². The van der Waals surface area contributed by atoms with Crippen LogP contribution in [0.2, 0.25) is 0 Å². The normalized spacial score (nSPS) is 18.6. The number of aromatic nitrogens is 3. The van der Waals surface area contributed by atoms with Gasteiger partial charge >= 0.3 is 6.09 Å². The lowest BCUT2D eigenvalue weighted by atomic mass is 9.75. The third-order valence-corrected chi connectivity index (χ3v) is 7.46. The predicted octanol–water partition coefficient (Wildman–Crippen LogP) is 4.96. The summed E-state index contributed by atoms with van der Waals surface area (Å²) in [5.41, 5.74) is 9.31. The first-order chi connectivity index (χ1) is 18.2. The topological polar surface area (TPSA) is 119 Å². The van der Waals surface area contributed by atoms with Crippen LogP contribution in [0.4, 0.5) is 10.6 Å². The van der Waals surface area contributed by atoms with Gasteiger partial charge in [-0.25, -0.2) is 14.8 Å². The first-order valence-corrected chi connectivity index (χ1v) is 12.7. The van der Waals surface area contributed by atoms with E-state index in [0.29, 0.717) is 24.8 Å². The molecule has 5 rings (SSSR count). The van der Waals surface area contributed by atoms with E-state index in [9.17, 15) is 9.90 Å². The molecule has 1 unspecified atom stereocenters. The van der Waals surface area contributed by atoms with Gasteiger partial charge in [0.1, 0.15) is 30.1 Å². The zero-order chi connectivity index (χ0) is 26.9. The lowest BCUT2D eigenvalue weighted by Gasteiger charge is -2.44. The lowest BCUT2D eigenvalue weighted by molar-refractivity contribution is 0.0745. The van der Waals surface area contributed by atoms with E-state index in [2.05, 4.69) is 33.0 Å². The van der Waals surface area contributed by atoms with E-state index in [1.807, 2.05) is 73.6 Å². The molecule has 0 spiro atoms. The van der Waals surface area contributed by atoms with Gasteiger partial charge in [0.2, 0.25) is 0 Å². The minimum absolute atomic E-state index is 0.222. The largest absolute Gasteiger partial charge is 0.489 e. The standard InChI is InChI=1S/C29H33N6O3/c1-29(34(2)3,33-28(36)37)15-20-12-22(13-20)35-16-24(25-26(30)31-18-32-27(25)35)21-10-7-11-23(14-21)38-17-19-8-5-4-6-9-19/h4-11,14,16,18,20,22,33H,1,12-13,15,17H2,2-3H3,(H,36,37)(H2,30,31,32). The molecule has 1 aliphatic carbocycles. The molecule has 4 aromatic rings. The van der Waals surface area contributed by atoms with Crippen LogP contribution in [0, 0.1) is 12.8 Å². The zero-order valence-electron chi connectivity index (χ0n) is 21.7. The highest BCUT2D eigenvalue weighted by Gasteiger charge is 2.39. The summed E-state index contributed by atoms with van der Waals surface area (Å²) in [5.74, 6) is 1.53. The van der Waals surface area contributed by atoms with Crippen molar-refractivity contribution in [1.82, 2.24) is 24.8 Å². The summed E-state index contributed by atoms with van der Waals surface area (Å²) in [5, 5.41) is 12.7. The average Bonchev–Trinajstić information content (AvgIpc) is 3.25. The van der Waals surface area contributed by atoms with Crippen molar-refractivity contribution < 1.29 is 14.6 Å². The number of carboxylic acid groups (broad SMARTS) is 1. The van der Waals surface area contributed by atoms with E-state index < -0.39 is 11.8 Å². The summed E-state index contributed by atoms with van der Waals surface area (Å²) in [6.07, 6.45) is 4.92. The van der Waals surface area contributed by atoms with Crippen LogP contribution in [0.5, 0.6) is 5.75 Å². The van der Waals surface area contributed by atoms with E-state index in [1.54, 1.807) is 0 Å². The van der Waals surface area contributed by atoms with Gasteiger partial charge in [0.15, 0.2) is 0 Å². The van der Waals surface area contributed by atoms with Crippen LogP contribution in [0.25, 0.3) is 22.2 Å². The molecule has 9 heteroatoms. The number of nitrogens with zero attached hydrogens (tertiary/aromatic N) is 4. The molecule has 2 aromatic heterocycles. The Kier molecular flexibility index (Phi) is 6.94. The van der Waals surface area contributed by atoms with E-state index in [-0.39, 0.29) is 6.04 Å². The second kappa shape index (κ2) is 10.3. The summed E-state index contributed by atoms with van der Waals surface area (Å²) in [6, 6.07) is 18.3. The molecule has 4 N–H and O–H groups in total. The molecule has 1 radical (unpaired) electrons. The number of hydrogen-bond acceptors (Lipinski definition) is 6. The summed E-state index contributed by atoms with van der Waals surface area (Å²) in [6.45, 7) is 4.64. The smallest absolute Gasteiger partial charge is 0.406 e. The van der Waals surface area contributed by atoms with E-state index in [4.69, 9.17) is 10.5 Å². The van der Waals surface area contributed by atoms with Gasteiger partial charge in [-0.2, -0.15) is 0 Å². The fourth-order valence-corrected chi connectivity index (χ4v) is 5.22. The molecule has 1 fully saturated rings. The number of carbonyl (C=O) groups is 1. The molecule has 38 heavy (non-hydrogen) atoms. The Morgan fingerprint density at radius 1 is 1.21 bits per heavy atom. The van der Waals surface area contributed by atoms with Gasteiger partial charge in [-0.1, -0.05) is 42.5 Å². The molecular weight excluding hydrogens is 480 g/mol. The number of fused-ring (bicyclic) bond motifs is 1. The monoisotopic (exact) mass is 513 g/mol. The number of nitrogens with one attached hydrogen (secondary N) is 1. The molecule has 1 atom stereocenters. The van der Waals surface area contributed by atoms with Crippen LogP contribution >= 0.6 is 0 Å². The second-order valence-corrected chi connectivity index (χ2v) is 10.3. The predicted molar refractivity (Wildman–Crippen MR) is 147 cm³/mol. The Morgan fingerprint density at radius 2 is 1.97 bits per heavy atom. The van der Waals surface area contributed by atoms with Gasteiger partial charge in [0.05, 0.1) is 11.0 Å². The highest BCUT2D eigenvalue weighted by atomic mass is 16.5. The Balaban J connectivity index is 1.38. The number of ether oxygens (including phenoxy) is 1. The molecule has 2 aromatic carbocycles. The van der Waals surface area contributed by atoms with Crippen LogP contribution in [0.15, 0.2) is 67.1 Å². The fourth-order valence-electron chi connectivity index (χ4n) is 5.22. The minimum atomic E-state index is -1.08. The minimum Gasteiger partial charge on any atom is -0.489 e. The number of anilines is 1. The molecule has 0 bridgehead atoms. The van der Waals surface area contributed by atoms with Gasteiger partial charge in [-0.3, -0.25) is 4.90 Å². The Morgan fingerprint density at radius 3 is 2.68 bits per heavy atom. The number of nitrogen functional groups attached to an aromatic ring is 1. The average molecular weight is 514 g/mol. The molecule has 197 valence electrons. The Hall–Kier alpha value is -4.11. The van der Waals surface area contributed by atoms with Crippen molar-refractivity contribution in [2.45, 2.75) is 37.6 Å². The van der Waals surface area contributed by atoms with Crippen molar-refractivity contribution in [1.29, 1.82) is 0 Å². The summed E-state index contributed by atoms with van der Waals surface area (Å²) >= 11 is 0. The third kappa shape index (κ3) is 5.15. The molecule has 1 saturated carbocycles. The van der Waals surface area contributed by atoms with Gasteiger partial charge in [-0.05, 0) is 69.5 Å². The van der Waals surface area contributed by atoms with Crippen LogP contribution in [-0.2, 0) is 6.61 Å². The van der Waals surface area contributed by atoms with Gasteiger partial charge in [0, 0.05) is 17.8 Å². The van der Waals surface area contributed by atoms with Crippen LogP contribution < -0.4 is 15.8 Å². The van der Waals surface area contributed by atoms with Gasteiger partial charge < -0.3 is 25.5 Å². The van der Waals surface area contributed by atoms with Crippen molar-refractivity contribution in [3.63, 3.8) is 0 Å². The van der Waals surface area contributed by atoms with Gasteiger partial charge in [0.25, 0.3) is 0 Å². The van der Waals surface area contributed by atoms with Crippen molar-refractivity contribution >= 4 is 22.9 Å². The van der Waals surface area contributed by atoms with Crippen molar-refractivity contribution in [3.05, 3.63) is 79.6 Å². The number of benzene rings is 2. The maximum Gasteiger partial charge on any atom is 0.406 e. The van der Waals surface area contributed by atoms with E-state index in [0.717, 1.165) is 46.3 Å². The maximum atomic E-state index is 11.3.